The smallest absolute Gasteiger partial charge is 0.326 e. The maximum atomic E-state index is 11.8. The van der Waals surface area contributed by atoms with Crippen LogP contribution in [0.15, 0.2) is 0 Å². The summed E-state index contributed by atoms with van der Waals surface area (Å²) in [5.74, 6) is -1.09. The number of carbonyl (C=O) groups is 2. The van der Waals surface area contributed by atoms with Gasteiger partial charge in [0.25, 0.3) is 0 Å². The van der Waals surface area contributed by atoms with Gasteiger partial charge >= 0.3 is 11.9 Å². The van der Waals surface area contributed by atoms with Crippen LogP contribution in [-0.2, 0) is 23.8 Å². The molecule has 5 heteroatoms. The van der Waals surface area contributed by atoms with Crippen molar-refractivity contribution in [2.75, 3.05) is 19.8 Å². The Morgan fingerprint density at radius 2 is 1.75 bits per heavy atom. The normalized spacial score (nSPS) is 22.8. The van der Waals surface area contributed by atoms with Crippen LogP contribution in [0.2, 0.25) is 0 Å². The summed E-state index contributed by atoms with van der Waals surface area (Å²) in [4.78, 5) is 23.7. The molecule has 0 aromatic heterocycles. The Morgan fingerprint density at radius 1 is 1.25 bits per heavy atom. The monoisotopic (exact) mass is 230 g/mol. The molecule has 0 bridgehead atoms. The summed E-state index contributed by atoms with van der Waals surface area (Å²) in [6, 6.07) is 0. The first kappa shape index (κ1) is 13.0. The molecule has 0 aromatic rings. The molecule has 5 nitrogen and oxygen atoms in total. The van der Waals surface area contributed by atoms with Gasteiger partial charge in [-0.15, -0.1) is 0 Å². The van der Waals surface area contributed by atoms with Crippen LogP contribution in [0, 0.1) is 5.41 Å². The van der Waals surface area contributed by atoms with Crippen LogP contribution in [0.5, 0.6) is 0 Å². The molecule has 0 spiro atoms. The van der Waals surface area contributed by atoms with Gasteiger partial charge in [0.15, 0.2) is 5.41 Å². The van der Waals surface area contributed by atoms with E-state index in [1.165, 1.54) is 0 Å². The molecule has 0 aromatic carbocycles. The van der Waals surface area contributed by atoms with Crippen LogP contribution in [0.4, 0.5) is 0 Å². The number of hydrogen-bond donors (Lipinski definition) is 0. The third-order valence-corrected chi connectivity index (χ3v) is 2.58. The van der Waals surface area contributed by atoms with E-state index >= 15 is 0 Å². The first-order valence-corrected chi connectivity index (χ1v) is 5.53. The van der Waals surface area contributed by atoms with E-state index in [4.69, 9.17) is 14.2 Å². The van der Waals surface area contributed by atoms with Crippen molar-refractivity contribution < 1.29 is 23.8 Å². The molecule has 0 amide bonds. The van der Waals surface area contributed by atoms with E-state index < -0.39 is 17.4 Å². The molecule has 0 aliphatic carbocycles. The first-order valence-electron chi connectivity index (χ1n) is 5.53. The standard InChI is InChI=1S/C11H18O5/c1-4-14-9(12)11(10(13)15-5-2)6-8(3)16-7-11/h8H,4-7H2,1-3H3. The highest BCUT2D eigenvalue weighted by Gasteiger charge is 2.54. The van der Waals surface area contributed by atoms with Crippen LogP contribution < -0.4 is 0 Å². The lowest BCUT2D eigenvalue weighted by atomic mass is 9.85. The van der Waals surface area contributed by atoms with Crippen LogP contribution in [-0.4, -0.2) is 37.9 Å². The largest absolute Gasteiger partial charge is 0.465 e. The Labute approximate surface area is 95.0 Å². The number of hydrogen-bond acceptors (Lipinski definition) is 5. The highest BCUT2D eigenvalue weighted by molar-refractivity contribution is 6.00. The van der Waals surface area contributed by atoms with Crippen molar-refractivity contribution in [2.24, 2.45) is 5.41 Å². The quantitative estimate of drug-likeness (QED) is 0.530. The predicted molar refractivity (Wildman–Crippen MR) is 55.7 cm³/mol. The minimum atomic E-state index is -1.26. The zero-order chi connectivity index (χ0) is 12.2. The van der Waals surface area contributed by atoms with Crippen LogP contribution in [0.1, 0.15) is 27.2 Å². The summed E-state index contributed by atoms with van der Waals surface area (Å²) in [6.07, 6.45) is 0.193. The molecule has 1 atom stereocenters. The van der Waals surface area contributed by atoms with Crippen molar-refractivity contribution in [2.45, 2.75) is 33.3 Å². The molecule has 92 valence electrons. The number of esters is 2. The van der Waals surface area contributed by atoms with Crippen LogP contribution >= 0.6 is 0 Å². The van der Waals surface area contributed by atoms with E-state index in [1.807, 2.05) is 6.92 Å². The zero-order valence-electron chi connectivity index (χ0n) is 9.95. The highest BCUT2D eigenvalue weighted by Crippen LogP contribution is 2.35. The van der Waals surface area contributed by atoms with Gasteiger partial charge in [-0.05, 0) is 20.8 Å². The molecule has 1 unspecified atom stereocenters. The predicted octanol–water partition coefficient (Wildman–Crippen LogP) is 0.908. The molecule has 0 radical (unpaired) electrons. The van der Waals surface area contributed by atoms with Gasteiger partial charge < -0.3 is 14.2 Å². The molecule has 1 heterocycles. The maximum Gasteiger partial charge on any atom is 0.326 e. The molecule has 0 saturated carbocycles. The van der Waals surface area contributed by atoms with Gasteiger partial charge in [-0.1, -0.05) is 0 Å². The van der Waals surface area contributed by atoms with Gasteiger partial charge in [-0.3, -0.25) is 9.59 Å². The lowest BCUT2D eigenvalue weighted by Gasteiger charge is -2.22. The molecule has 1 fully saturated rings. The number of rotatable bonds is 4. The average molecular weight is 230 g/mol. The first-order chi connectivity index (χ1) is 7.56. The minimum Gasteiger partial charge on any atom is -0.465 e. The topological polar surface area (TPSA) is 61.8 Å². The van der Waals surface area contributed by atoms with Gasteiger partial charge in [-0.25, -0.2) is 0 Å². The second kappa shape index (κ2) is 5.30. The fourth-order valence-corrected chi connectivity index (χ4v) is 1.80. The molecule has 1 aliphatic rings. The van der Waals surface area contributed by atoms with Gasteiger partial charge in [0, 0.05) is 6.42 Å². The second-order valence-electron chi connectivity index (χ2n) is 3.85. The maximum absolute atomic E-state index is 11.8. The highest BCUT2D eigenvalue weighted by atomic mass is 16.6. The fourth-order valence-electron chi connectivity index (χ4n) is 1.80. The van der Waals surface area contributed by atoms with E-state index in [2.05, 4.69) is 0 Å². The Balaban J connectivity index is 2.85. The zero-order valence-corrected chi connectivity index (χ0v) is 9.95. The van der Waals surface area contributed by atoms with Gasteiger partial charge in [0.05, 0.1) is 25.9 Å². The van der Waals surface area contributed by atoms with E-state index in [9.17, 15) is 9.59 Å². The Hall–Kier alpha value is -1.10. The Morgan fingerprint density at radius 3 is 2.06 bits per heavy atom. The summed E-state index contributed by atoms with van der Waals surface area (Å²) in [6.45, 7) is 5.76. The molecule has 1 aliphatic heterocycles. The lowest BCUT2D eigenvalue weighted by Crippen LogP contribution is -2.42. The summed E-state index contributed by atoms with van der Waals surface area (Å²) in [5, 5.41) is 0. The van der Waals surface area contributed by atoms with Gasteiger partial charge in [0.1, 0.15) is 0 Å². The van der Waals surface area contributed by atoms with Crippen molar-refractivity contribution in [3.05, 3.63) is 0 Å². The molecule has 16 heavy (non-hydrogen) atoms. The van der Waals surface area contributed by atoms with Crippen molar-refractivity contribution in [3.63, 3.8) is 0 Å². The van der Waals surface area contributed by atoms with E-state index in [-0.39, 0.29) is 25.9 Å². The summed E-state index contributed by atoms with van der Waals surface area (Å²) in [5.41, 5.74) is -1.26. The van der Waals surface area contributed by atoms with E-state index in [0.717, 1.165) is 0 Å². The Kier molecular flexibility index (Phi) is 4.29. The van der Waals surface area contributed by atoms with Crippen molar-refractivity contribution >= 4 is 11.9 Å². The van der Waals surface area contributed by atoms with Crippen LogP contribution in [0.25, 0.3) is 0 Å². The van der Waals surface area contributed by atoms with Crippen LogP contribution in [0.3, 0.4) is 0 Å². The van der Waals surface area contributed by atoms with Crippen molar-refractivity contribution in [3.8, 4) is 0 Å². The third-order valence-electron chi connectivity index (χ3n) is 2.58. The molecule has 1 rings (SSSR count). The third kappa shape index (κ3) is 2.35. The summed E-state index contributed by atoms with van der Waals surface area (Å²) < 4.78 is 15.2. The minimum absolute atomic E-state index is 0.0475. The number of carbonyl (C=O) groups excluding carboxylic acids is 2. The van der Waals surface area contributed by atoms with Gasteiger partial charge in [-0.2, -0.15) is 0 Å². The van der Waals surface area contributed by atoms with Gasteiger partial charge in [0.2, 0.25) is 0 Å². The number of ether oxygens (including phenoxy) is 3. The molecular formula is C11H18O5. The fraction of sp³-hybridized carbons (Fsp3) is 0.818. The molecule has 1 saturated heterocycles. The van der Waals surface area contributed by atoms with Crippen molar-refractivity contribution in [1.82, 2.24) is 0 Å². The summed E-state index contributed by atoms with van der Waals surface area (Å²) in [7, 11) is 0. The van der Waals surface area contributed by atoms with E-state index in [0.29, 0.717) is 6.42 Å². The average Bonchev–Trinajstić information content (AvgIpc) is 2.63. The second-order valence-corrected chi connectivity index (χ2v) is 3.85. The van der Waals surface area contributed by atoms with E-state index in [1.54, 1.807) is 13.8 Å². The molecule has 0 N–H and O–H groups in total. The Bertz CT molecular complexity index is 256. The van der Waals surface area contributed by atoms with Crippen molar-refractivity contribution in [1.29, 1.82) is 0 Å². The SMILES string of the molecule is CCOC(=O)C1(C(=O)OCC)COC(C)C1. The summed E-state index contributed by atoms with van der Waals surface area (Å²) >= 11 is 0. The molecular weight excluding hydrogens is 212 g/mol. The lowest BCUT2D eigenvalue weighted by molar-refractivity contribution is -0.171.